The number of aryl methyl sites for hydroxylation is 1. The highest BCUT2D eigenvalue weighted by Crippen LogP contribution is 1.96. The Hall–Kier alpha value is -2.11. The maximum Gasteiger partial charge on any atom is 0.350 e. The van der Waals surface area contributed by atoms with Crippen molar-refractivity contribution in [3.8, 4) is 0 Å². The Balaban J connectivity index is 2.22. The Kier molecular flexibility index (Phi) is 2.95. The van der Waals surface area contributed by atoms with Crippen LogP contribution in [-0.4, -0.2) is 39.1 Å². The van der Waals surface area contributed by atoms with Gasteiger partial charge in [0.15, 0.2) is 5.65 Å². The number of pyridine rings is 1. The van der Waals surface area contributed by atoms with Crippen molar-refractivity contribution in [2.24, 2.45) is 0 Å². The van der Waals surface area contributed by atoms with Crippen LogP contribution in [-0.2, 0) is 11.3 Å². The van der Waals surface area contributed by atoms with Crippen LogP contribution < -0.4 is 5.69 Å². The lowest BCUT2D eigenvalue weighted by Crippen LogP contribution is -2.27. The molecule has 0 fully saturated rings. The highest BCUT2D eigenvalue weighted by molar-refractivity contribution is 5.75. The molecule has 0 saturated carbocycles. The number of aromatic nitrogens is 3. The van der Waals surface area contributed by atoms with Crippen molar-refractivity contribution in [1.29, 1.82) is 0 Å². The molecule has 6 nitrogen and oxygen atoms in total. The summed E-state index contributed by atoms with van der Waals surface area (Å²) < 4.78 is 2.77. The van der Waals surface area contributed by atoms with Gasteiger partial charge in [-0.15, -0.1) is 5.10 Å². The molecule has 0 aliphatic carbocycles. The van der Waals surface area contributed by atoms with Crippen LogP contribution in [0.15, 0.2) is 29.2 Å². The summed E-state index contributed by atoms with van der Waals surface area (Å²) in [7, 11) is 3.38. The largest absolute Gasteiger partial charge is 0.350 e. The van der Waals surface area contributed by atoms with Crippen LogP contribution in [0.3, 0.4) is 0 Å². The molecule has 6 heteroatoms. The molecule has 0 atom stereocenters. The molecule has 0 saturated heterocycles. The van der Waals surface area contributed by atoms with Gasteiger partial charge in [0.1, 0.15) is 0 Å². The Bertz CT molecular complexity index is 597. The van der Waals surface area contributed by atoms with E-state index in [0.717, 1.165) is 0 Å². The average molecular weight is 234 g/mol. The summed E-state index contributed by atoms with van der Waals surface area (Å²) in [6.45, 7) is 0.303. The third-order valence-corrected chi connectivity index (χ3v) is 2.52. The van der Waals surface area contributed by atoms with E-state index >= 15 is 0 Å². The molecular formula is C11H14N4O2. The second kappa shape index (κ2) is 4.40. The zero-order chi connectivity index (χ0) is 12.4. The van der Waals surface area contributed by atoms with Gasteiger partial charge in [-0.3, -0.25) is 9.20 Å². The number of carbonyl (C=O) groups excluding carboxylic acids is 1. The summed E-state index contributed by atoms with van der Waals surface area (Å²) in [6.07, 6.45) is 1.94. The van der Waals surface area contributed by atoms with Crippen LogP contribution in [0.1, 0.15) is 6.42 Å². The zero-order valence-electron chi connectivity index (χ0n) is 9.83. The summed E-state index contributed by atoms with van der Waals surface area (Å²) in [4.78, 5) is 24.8. The van der Waals surface area contributed by atoms with Crippen molar-refractivity contribution in [1.82, 2.24) is 19.1 Å². The SMILES string of the molecule is CN(C)C(=O)CCn1nc2ccccn2c1=O. The van der Waals surface area contributed by atoms with Crippen LogP contribution in [0.5, 0.6) is 0 Å². The molecule has 2 aromatic heterocycles. The van der Waals surface area contributed by atoms with E-state index in [9.17, 15) is 9.59 Å². The monoisotopic (exact) mass is 234 g/mol. The fourth-order valence-electron chi connectivity index (χ4n) is 1.54. The van der Waals surface area contributed by atoms with Crippen molar-refractivity contribution in [3.63, 3.8) is 0 Å². The van der Waals surface area contributed by atoms with Crippen LogP contribution >= 0.6 is 0 Å². The first-order valence-corrected chi connectivity index (χ1v) is 5.34. The molecule has 2 rings (SSSR count). The van der Waals surface area contributed by atoms with Gasteiger partial charge >= 0.3 is 5.69 Å². The van der Waals surface area contributed by atoms with Crippen LogP contribution in [0.25, 0.3) is 5.65 Å². The summed E-state index contributed by atoms with van der Waals surface area (Å²) in [5.74, 6) is -0.0195. The van der Waals surface area contributed by atoms with Gasteiger partial charge in [0.25, 0.3) is 0 Å². The molecule has 0 aliphatic heterocycles. The lowest BCUT2D eigenvalue weighted by Gasteiger charge is -2.08. The van der Waals surface area contributed by atoms with Crippen molar-refractivity contribution in [2.45, 2.75) is 13.0 Å². The van der Waals surface area contributed by atoms with Gasteiger partial charge in [-0.1, -0.05) is 6.07 Å². The maximum absolute atomic E-state index is 11.8. The summed E-state index contributed by atoms with van der Waals surface area (Å²) in [5.41, 5.74) is 0.377. The predicted octanol–water partition coefficient (Wildman–Crippen LogP) is -0.0257. The normalized spacial score (nSPS) is 10.7. The number of amides is 1. The fourth-order valence-corrected chi connectivity index (χ4v) is 1.54. The number of fused-ring (bicyclic) bond motifs is 1. The molecule has 0 spiro atoms. The standard InChI is InChI=1S/C11H14N4O2/c1-13(2)10(16)6-8-15-11(17)14-7-4-3-5-9(14)12-15/h3-5,7H,6,8H2,1-2H3. The first kappa shape index (κ1) is 11.4. The van der Waals surface area contributed by atoms with E-state index in [0.29, 0.717) is 12.2 Å². The van der Waals surface area contributed by atoms with Gasteiger partial charge < -0.3 is 4.90 Å². The molecule has 0 N–H and O–H groups in total. The molecular weight excluding hydrogens is 220 g/mol. The summed E-state index contributed by atoms with van der Waals surface area (Å²) >= 11 is 0. The number of nitrogens with zero attached hydrogens (tertiary/aromatic N) is 4. The van der Waals surface area contributed by atoms with E-state index in [1.54, 1.807) is 32.4 Å². The second-order valence-corrected chi connectivity index (χ2v) is 3.97. The Morgan fingerprint density at radius 2 is 2.18 bits per heavy atom. The average Bonchev–Trinajstić information content (AvgIpc) is 2.64. The highest BCUT2D eigenvalue weighted by Gasteiger charge is 2.09. The van der Waals surface area contributed by atoms with Crippen molar-refractivity contribution < 1.29 is 4.79 Å². The topological polar surface area (TPSA) is 59.6 Å². The number of hydrogen-bond acceptors (Lipinski definition) is 3. The molecule has 2 aromatic rings. The molecule has 0 bridgehead atoms. The van der Waals surface area contributed by atoms with E-state index < -0.39 is 0 Å². The number of rotatable bonds is 3. The van der Waals surface area contributed by atoms with Gasteiger partial charge in [0, 0.05) is 26.7 Å². The van der Waals surface area contributed by atoms with E-state index in [1.807, 2.05) is 6.07 Å². The number of carbonyl (C=O) groups is 1. The first-order valence-electron chi connectivity index (χ1n) is 5.34. The van der Waals surface area contributed by atoms with Gasteiger partial charge in [-0.05, 0) is 12.1 Å². The van der Waals surface area contributed by atoms with E-state index in [2.05, 4.69) is 5.10 Å². The molecule has 0 radical (unpaired) electrons. The van der Waals surface area contributed by atoms with Crippen LogP contribution in [0.2, 0.25) is 0 Å². The lowest BCUT2D eigenvalue weighted by atomic mass is 10.4. The predicted molar refractivity (Wildman–Crippen MR) is 62.8 cm³/mol. The minimum atomic E-state index is -0.216. The Labute approximate surface area is 98.1 Å². The van der Waals surface area contributed by atoms with Crippen molar-refractivity contribution in [3.05, 3.63) is 34.9 Å². The van der Waals surface area contributed by atoms with Gasteiger partial charge in [-0.25, -0.2) is 9.48 Å². The second-order valence-electron chi connectivity index (χ2n) is 3.97. The summed E-state index contributed by atoms with van der Waals surface area (Å²) in [6, 6.07) is 5.34. The molecule has 1 amide bonds. The third kappa shape index (κ3) is 2.20. The van der Waals surface area contributed by atoms with E-state index in [4.69, 9.17) is 0 Å². The Morgan fingerprint density at radius 1 is 1.41 bits per heavy atom. The van der Waals surface area contributed by atoms with Crippen LogP contribution in [0, 0.1) is 0 Å². The number of hydrogen-bond donors (Lipinski definition) is 0. The maximum atomic E-state index is 11.8. The Morgan fingerprint density at radius 3 is 2.82 bits per heavy atom. The highest BCUT2D eigenvalue weighted by atomic mass is 16.2. The molecule has 0 aliphatic rings. The molecule has 2 heterocycles. The molecule has 17 heavy (non-hydrogen) atoms. The quantitative estimate of drug-likeness (QED) is 0.749. The van der Waals surface area contributed by atoms with E-state index in [1.165, 1.54) is 14.0 Å². The van der Waals surface area contributed by atoms with E-state index in [-0.39, 0.29) is 18.0 Å². The van der Waals surface area contributed by atoms with Gasteiger partial charge in [-0.2, -0.15) is 0 Å². The first-order chi connectivity index (χ1) is 8.09. The minimum absolute atomic E-state index is 0.0195. The minimum Gasteiger partial charge on any atom is -0.349 e. The van der Waals surface area contributed by atoms with Crippen molar-refractivity contribution in [2.75, 3.05) is 14.1 Å². The lowest BCUT2D eigenvalue weighted by molar-refractivity contribution is -0.128. The third-order valence-electron chi connectivity index (χ3n) is 2.52. The van der Waals surface area contributed by atoms with Crippen LogP contribution in [0.4, 0.5) is 0 Å². The fraction of sp³-hybridized carbons (Fsp3) is 0.364. The molecule has 0 aromatic carbocycles. The zero-order valence-corrected chi connectivity index (χ0v) is 9.83. The molecule has 90 valence electrons. The smallest absolute Gasteiger partial charge is 0.349 e. The van der Waals surface area contributed by atoms with Gasteiger partial charge in [0.2, 0.25) is 5.91 Å². The molecule has 0 unspecified atom stereocenters. The summed E-state index contributed by atoms with van der Waals surface area (Å²) in [5, 5.41) is 4.14. The van der Waals surface area contributed by atoms with Crippen molar-refractivity contribution >= 4 is 11.6 Å². The van der Waals surface area contributed by atoms with Gasteiger partial charge in [0.05, 0.1) is 6.54 Å².